The first-order valence-electron chi connectivity index (χ1n) is 18.7. The Hall–Kier alpha value is -0.540. The van der Waals surface area contributed by atoms with Crippen molar-refractivity contribution in [3.8, 4) is 0 Å². The van der Waals surface area contributed by atoms with E-state index in [1.54, 1.807) is 0 Å². The summed E-state index contributed by atoms with van der Waals surface area (Å²) in [5.74, 6) is 1.06. The molecule has 0 bridgehead atoms. The van der Waals surface area contributed by atoms with Crippen LogP contribution in [0, 0.1) is 0 Å². The molecule has 3 heteroatoms. The van der Waals surface area contributed by atoms with Crippen molar-refractivity contribution >= 4 is 0 Å². The predicted molar refractivity (Wildman–Crippen MR) is 186 cm³/mol. The molecule has 41 heavy (non-hydrogen) atoms. The highest BCUT2D eigenvalue weighted by Gasteiger charge is 2.11. The maximum atomic E-state index is 6.48. The van der Waals surface area contributed by atoms with Crippen LogP contribution >= 0.6 is 0 Å². The molecule has 0 aromatic heterocycles. The van der Waals surface area contributed by atoms with Crippen LogP contribution in [0.15, 0.2) is 12.3 Å². The Morgan fingerprint density at radius 3 is 1.34 bits per heavy atom. The van der Waals surface area contributed by atoms with Crippen LogP contribution in [-0.2, 0) is 4.74 Å². The Morgan fingerprint density at radius 2 is 0.878 bits per heavy atom. The molecular weight excluding hydrogens is 500 g/mol. The zero-order valence-electron chi connectivity index (χ0n) is 29.3. The van der Waals surface area contributed by atoms with Gasteiger partial charge in [-0.25, -0.2) is 0 Å². The number of nitrogens with zero attached hydrogens (tertiary/aromatic N) is 2. The van der Waals surface area contributed by atoms with Crippen molar-refractivity contribution in [2.24, 2.45) is 0 Å². The molecule has 0 aliphatic rings. The third-order valence-corrected chi connectivity index (χ3v) is 8.68. The lowest BCUT2D eigenvalue weighted by molar-refractivity contribution is 0.0895. The van der Waals surface area contributed by atoms with Crippen LogP contribution in [0.5, 0.6) is 0 Å². The average molecular weight is 579 g/mol. The second kappa shape index (κ2) is 32.4. The Morgan fingerprint density at radius 1 is 0.488 bits per heavy atom. The smallest absolute Gasteiger partial charge is 0.0982 e. The quantitative estimate of drug-likeness (QED) is 0.0558. The first-order valence-corrected chi connectivity index (χ1v) is 18.7. The summed E-state index contributed by atoms with van der Waals surface area (Å²) in [6.45, 7) is 16.3. The predicted octanol–water partition coefficient (Wildman–Crippen LogP) is 12.0. The van der Waals surface area contributed by atoms with Gasteiger partial charge in [0.15, 0.2) is 0 Å². The van der Waals surface area contributed by atoms with Crippen LogP contribution in [0.1, 0.15) is 188 Å². The van der Waals surface area contributed by atoms with Crippen LogP contribution in [0.3, 0.4) is 0 Å². The summed E-state index contributed by atoms with van der Waals surface area (Å²) < 4.78 is 6.48. The summed E-state index contributed by atoms with van der Waals surface area (Å²) in [6, 6.07) is 0. The molecule has 0 saturated heterocycles. The SMILES string of the molecule is C=C(CCCCCCCN(CCCCCCC)CCCN(C)C)OC(CCCCCCCC)CCCCCCCC. The maximum Gasteiger partial charge on any atom is 0.0982 e. The lowest BCUT2D eigenvalue weighted by Crippen LogP contribution is -2.29. The number of allylic oxidation sites excluding steroid dienone is 1. The molecule has 0 heterocycles. The average Bonchev–Trinajstić information content (AvgIpc) is 2.95. The van der Waals surface area contributed by atoms with E-state index in [1.165, 1.54) is 187 Å². The number of ether oxygens (including phenoxy) is 1. The van der Waals surface area contributed by atoms with E-state index in [0.29, 0.717) is 6.10 Å². The molecular formula is C38H78N2O. The summed E-state index contributed by atoms with van der Waals surface area (Å²) in [7, 11) is 4.39. The topological polar surface area (TPSA) is 15.7 Å². The highest BCUT2D eigenvalue weighted by atomic mass is 16.5. The number of unbranched alkanes of at least 4 members (excludes halogenated alkanes) is 18. The van der Waals surface area contributed by atoms with Crippen molar-refractivity contribution in [3.63, 3.8) is 0 Å². The minimum Gasteiger partial charge on any atom is -0.495 e. The van der Waals surface area contributed by atoms with Gasteiger partial charge in [-0.3, -0.25) is 0 Å². The standard InChI is InChI=1S/C38H78N2O/c1-7-10-13-16-20-25-31-38(32-26-21-17-14-11-8-2)41-37(4)30-24-19-18-23-28-35-40(36-29-33-39(5)6)34-27-22-15-12-9-3/h38H,4,7-36H2,1-3,5-6H3. The minimum atomic E-state index is 0.403. The first-order chi connectivity index (χ1) is 20.0. The molecule has 0 saturated carbocycles. The number of hydrogen-bond acceptors (Lipinski definition) is 3. The van der Waals surface area contributed by atoms with Crippen LogP contribution < -0.4 is 0 Å². The molecule has 0 radical (unpaired) electrons. The van der Waals surface area contributed by atoms with E-state index in [9.17, 15) is 0 Å². The number of hydrogen-bond donors (Lipinski definition) is 0. The van der Waals surface area contributed by atoms with Crippen LogP contribution in [0.25, 0.3) is 0 Å². The van der Waals surface area contributed by atoms with E-state index in [2.05, 4.69) is 51.2 Å². The molecule has 0 aliphatic heterocycles. The van der Waals surface area contributed by atoms with Crippen molar-refractivity contribution < 1.29 is 4.74 Å². The molecule has 0 aliphatic carbocycles. The Labute approximate surface area is 260 Å². The monoisotopic (exact) mass is 579 g/mol. The van der Waals surface area contributed by atoms with Gasteiger partial charge in [0.2, 0.25) is 0 Å². The molecule has 3 nitrogen and oxygen atoms in total. The van der Waals surface area contributed by atoms with Gasteiger partial charge in [0.25, 0.3) is 0 Å². The molecule has 246 valence electrons. The van der Waals surface area contributed by atoms with Gasteiger partial charge in [-0.1, -0.05) is 137 Å². The largest absolute Gasteiger partial charge is 0.495 e. The third-order valence-electron chi connectivity index (χ3n) is 8.68. The van der Waals surface area contributed by atoms with Gasteiger partial charge < -0.3 is 14.5 Å². The summed E-state index contributed by atoms with van der Waals surface area (Å²) in [6.07, 6.45) is 35.2. The fourth-order valence-corrected chi connectivity index (χ4v) is 5.93. The minimum absolute atomic E-state index is 0.403. The highest BCUT2D eigenvalue weighted by Crippen LogP contribution is 2.21. The van der Waals surface area contributed by atoms with Gasteiger partial charge in [0, 0.05) is 6.42 Å². The van der Waals surface area contributed by atoms with E-state index in [-0.39, 0.29) is 0 Å². The zero-order chi connectivity index (χ0) is 30.2. The van der Waals surface area contributed by atoms with Crippen LogP contribution in [0.4, 0.5) is 0 Å². The molecule has 0 N–H and O–H groups in total. The van der Waals surface area contributed by atoms with E-state index in [4.69, 9.17) is 4.74 Å². The molecule has 0 rings (SSSR count). The molecule has 0 atom stereocenters. The maximum absolute atomic E-state index is 6.48. The van der Waals surface area contributed by atoms with E-state index < -0.39 is 0 Å². The Kier molecular flexibility index (Phi) is 31.9. The van der Waals surface area contributed by atoms with Crippen molar-refractivity contribution in [1.29, 1.82) is 0 Å². The van der Waals surface area contributed by atoms with E-state index in [0.717, 1.165) is 12.2 Å². The van der Waals surface area contributed by atoms with Crippen molar-refractivity contribution in [2.45, 2.75) is 194 Å². The molecule has 0 amide bonds. The summed E-state index contributed by atoms with van der Waals surface area (Å²) in [4.78, 5) is 5.07. The fraction of sp³-hybridized carbons (Fsp3) is 0.947. The first kappa shape index (κ1) is 40.5. The summed E-state index contributed by atoms with van der Waals surface area (Å²) in [5, 5.41) is 0. The lowest BCUT2D eigenvalue weighted by atomic mass is 10.0. The third kappa shape index (κ3) is 30.7. The van der Waals surface area contributed by atoms with Crippen LogP contribution in [0.2, 0.25) is 0 Å². The molecule has 0 fully saturated rings. The van der Waals surface area contributed by atoms with Gasteiger partial charge in [0.05, 0.1) is 11.9 Å². The van der Waals surface area contributed by atoms with Gasteiger partial charge in [-0.2, -0.15) is 0 Å². The van der Waals surface area contributed by atoms with Gasteiger partial charge in [-0.05, 0) is 91.6 Å². The fourth-order valence-electron chi connectivity index (χ4n) is 5.93. The Balaban J connectivity index is 4.18. The Bertz CT molecular complexity index is 504. The van der Waals surface area contributed by atoms with Gasteiger partial charge >= 0.3 is 0 Å². The lowest BCUT2D eigenvalue weighted by Gasteiger charge is -2.23. The van der Waals surface area contributed by atoms with Crippen LogP contribution in [-0.4, -0.2) is 56.2 Å². The number of rotatable bonds is 34. The second-order valence-corrected chi connectivity index (χ2v) is 13.3. The molecule has 0 aromatic carbocycles. The normalized spacial score (nSPS) is 11.8. The van der Waals surface area contributed by atoms with Crippen molar-refractivity contribution in [3.05, 3.63) is 12.3 Å². The zero-order valence-corrected chi connectivity index (χ0v) is 29.3. The molecule has 0 unspecified atom stereocenters. The highest BCUT2D eigenvalue weighted by molar-refractivity contribution is 4.84. The van der Waals surface area contributed by atoms with Crippen molar-refractivity contribution in [2.75, 3.05) is 40.3 Å². The van der Waals surface area contributed by atoms with Crippen molar-refractivity contribution in [1.82, 2.24) is 9.80 Å². The molecule has 0 spiro atoms. The van der Waals surface area contributed by atoms with E-state index >= 15 is 0 Å². The van der Waals surface area contributed by atoms with E-state index in [1.807, 2.05) is 0 Å². The summed E-state index contributed by atoms with van der Waals surface area (Å²) in [5.41, 5.74) is 0. The molecule has 0 aromatic rings. The van der Waals surface area contributed by atoms with Gasteiger partial charge in [-0.15, -0.1) is 0 Å². The summed E-state index contributed by atoms with van der Waals surface area (Å²) >= 11 is 0. The second-order valence-electron chi connectivity index (χ2n) is 13.3. The van der Waals surface area contributed by atoms with Gasteiger partial charge in [0.1, 0.15) is 0 Å².